The van der Waals surface area contributed by atoms with Crippen LogP contribution in [0.1, 0.15) is 29.2 Å². The number of fused-ring (bicyclic) bond motifs is 6. The van der Waals surface area contributed by atoms with E-state index in [2.05, 4.69) is 0 Å². The highest BCUT2D eigenvalue weighted by Crippen LogP contribution is 2.44. The van der Waals surface area contributed by atoms with E-state index in [1.807, 2.05) is 24.3 Å². The summed E-state index contributed by atoms with van der Waals surface area (Å²) in [6, 6.07) is 9.41. The van der Waals surface area contributed by atoms with Gasteiger partial charge in [-0.2, -0.15) is 0 Å². The van der Waals surface area contributed by atoms with Crippen LogP contribution in [0.15, 0.2) is 30.3 Å². The van der Waals surface area contributed by atoms with Crippen molar-refractivity contribution >= 4 is 11.6 Å². The molecule has 0 spiro atoms. The highest BCUT2D eigenvalue weighted by Gasteiger charge is 2.46. The fourth-order valence-electron chi connectivity index (χ4n) is 5.12. The zero-order valence-electron chi connectivity index (χ0n) is 19.1. The van der Waals surface area contributed by atoms with Gasteiger partial charge in [0.25, 0.3) is 0 Å². The smallest absolute Gasteiger partial charge is 0.161 e. The summed E-state index contributed by atoms with van der Waals surface area (Å²) in [4.78, 5) is 0. The molecule has 6 rings (SSSR count). The van der Waals surface area contributed by atoms with E-state index in [0.717, 1.165) is 23.3 Å². The Morgan fingerprint density at radius 3 is 2.46 bits per heavy atom. The fourth-order valence-corrected chi connectivity index (χ4v) is 5.34. The number of halogens is 1. The van der Waals surface area contributed by atoms with Gasteiger partial charge < -0.3 is 39.0 Å². The van der Waals surface area contributed by atoms with Crippen LogP contribution in [0.3, 0.4) is 0 Å². The van der Waals surface area contributed by atoms with Crippen LogP contribution in [-0.2, 0) is 15.9 Å². The van der Waals surface area contributed by atoms with E-state index in [1.54, 1.807) is 6.07 Å². The molecule has 3 heterocycles. The van der Waals surface area contributed by atoms with Crippen molar-refractivity contribution in [1.82, 2.24) is 0 Å². The number of hydrogen-bond donors (Lipinski definition) is 3. The summed E-state index contributed by atoms with van der Waals surface area (Å²) in [5.41, 5.74) is 2.38. The van der Waals surface area contributed by atoms with Crippen molar-refractivity contribution in [3.05, 3.63) is 52.0 Å². The molecule has 1 aliphatic carbocycles. The Labute approximate surface area is 208 Å². The molecular formula is C26H29ClO8. The van der Waals surface area contributed by atoms with Crippen LogP contribution >= 0.6 is 11.6 Å². The summed E-state index contributed by atoms with van der Waals surface area (Å²) < 4.78 is 29.4. The molecule has 2 fully saturated rings. The SMILES string of the molecule is O[C@@H]1[C@@H](O)[C@H]2O[C@H](COC[C@@H]3C[C@@H]3COc3cc(Cl)c(Cc4ccc5c(c4)OCCO5)cc32)[C@H]1O. The van der Waals surface area contributed by atoms with Gasteiger partial charge in [-0.1, -0.05) is 17.7 Å². The summed E-state index contributed by atoms with van der Waals surface area (Å²) in [5, 5.41) is 32.5. The summed E-state index contributed by atoms with van der Waals surface area (Å²) in [6.07, 6.45) is -4.16. The molecular weight excluding hydrogens is 476 g/mol. The molecule has 2 aromatic carbocycles. The second-order valence-electron chi connectivity index (χ2n) is 9.81. The van der Waals surface area contributed by atoms with Gasteiger partial charge in [-0.05, 0) is 60.1 Å². The van der Waals surface area contributed by atoms with E-state index >= 15 is 0 Å². The van der Waals surface area contributed by atoms with Gasteiger partial charge in [-0.3, -0.25) is 0 Å². The Morgan fingerprint density at radius 2 is 1.60 bits per heavy atom. The monoisotopic (exact) mass is 504 g/mol. The van der Waals surface area contributed by atoms with E-state index in [0.29, 0.717) is 66.8 Å². The minimum absolute atomic E-state index is 0.137. The molecule has 2 aromatic rings. The number of aliphatic hydroxyl groups excluding tert-OH is 3. The van der Waals surface area contributed by atoms with Crippen molar-refractivity contribution in [3.63, 3.8) is 0 Å². The molecule has 188 valence electrons. The highest BCUT2D eigenvalue weighted by atomic mass is 35.5. The molecule has 0 amide bonds. The van der Waals surface area contributed by atoms with E-state index in [4.69, 9.17) is 35.3 Å². The summed E-state index contributed by atoms with van der Waals surface area (Å²) in [5.74, 6) is 2.72. The van der Waals surface area contributed by atoms with E-state index in [1.165, 1.54) is 0 Å². The lowest BCUT2D eigenvalue weighted by Crippen LogP contribution is -2.55. The molecule has 7 atom stereocenters. The minimum Gasteiger partial charge on any atom is -0.493 e. The lowest BCUT2D eigenvalue weighted by atomic mass is 9.89. The predicted octanol–water partition coefficient (Wildman–Crippen LogP) is 2.27. The number of benzene rings is 2. The van der Waals surface area contributed by atoms with Crippen molar-refractivity contribution in [1.29, 1.82) is 0 Å². The van der Waals surface area contributed by atoms with Gasteiger partial charge in [0, 0.05) is 17.2 Å². The fraction of sp³-hybridized carbons (Fsp3) is 0.538. The average molecular weight is 505 g/mol. The third kappa shape index (κ3) is 4.59. The molecule has 35 heavy (non-hydrogen) atoms. The highest BCUT2D eigenvalue weighted by molar-refractivity contribution is 6.31. The van der Waals surface area contributed by atoms with Crippen LogP contribution in [0.4, 0.5) is 0 Å². The molecule has 8 nitrogen and oxygen atoms in total. The van der Waals surface area contributed by atoms with Crippen LogP contribution in [0.5, 0.6) is 17.2 Å². The van der Waals surface area contributed by atoms with Gasteiger partial charge in [-0.15, -0.1) is 0 Å². The number of rotatable bonds is 2. The van der Waals surface area contributed by atoms with Crippen molar-refractivity contribution in [3.8, 4) is 17.2 Å². The maximum atomic E-state index is 10.9. The van der Waals surface area contributed by atoms with Gasteiger partial charge in [0.1, 0.15) is 49.5 Å². The van der Waals surface area contributed by atoms with Gasteiger partial charge in [0.2, 0.25) is 0 Å². The molecule has 1 saturated carbocycles. The van der Waals surface area contributed by atoms with Crippen molar-refractivity contribution in [2.75, 3.05) is 33.0 Å². The second-order valence-corrected chi connectivity index (χ2v) is 10.2. The van der Waals surface area contributed by atoms with Gasteiger partial charge in [0.05, 0.1) is 13.2 Å². The Hall–Kier alpha value is -2.07. The summed E-state index contributed by atoms with van der Waals surface area (Å²) in [7, 11) is 0. The molecule has 9 heteroatoms. The van der Waals surface area contributed by atoms with Crippen molar-refractivity contribution in [2.24, 2.45) is 11.8 Å². The number of ether oxygens (including phenoxy) is 5. The second kappa shape index (κ2) is 9.42. The Balaban J connectivity index is 1.35. The quantitative estimate of drug-likeness (QED) is 0.572. The Bertz CT molecular complexity index is 1090. The van der Waals surface area contributed by atoms with Crippen molar-refractivity contribution < 1.29 is 39.0 Å². The van der Waals surface area contributed by atoms with E-state index in [-0.39, 0.29) is 6.61 Å². The topological polar surface area (TPSA) is 107 Å². The molecule has 2 bridgehead atoms. The lowest BCUT2D eigenvalue weighted by Gasteiger charge is -2.41. The Morgan fingerprint density at radius 1 is 0.800 bits per heavy atom. The van der Waals surface area contributed by atoms with Crippen LogP contribution in [0.25, 0.3) is 0 Å². The third-order valence-corrected chi connectivity index (χ3v) is 7.69. The first-order valence-corrected chi connectivity index (χ1v) is 12.5. The number of hydrogen-bond acceptors (Lipinski definition) is 8. The first-order valence-electron chi connectivity index (χ1n) is 12.1. The molecule has 3 N–H and O–H groups in total. The molecule has 1 saturated heterocycles. The minimum atomic E-state index is -1.39. The maximum absolute atomic E-state index is 10.9. The lowest BCUT2D eigenvalue weighted by molar-refractivity contribution is -0.235. The summed E-state index contributed by atoms with van der Waals surface area (Å²) >= 11 is 6.70. The Kier molecular flexibility index (Phi) is 6.28. The predicted molar refractivity (Wildman–Crippen MR) is 125 cm³/mol. The summed E-state index contributed by atoms with van der Waals surface area (Å²) in [6.45, 7) is 2.23. The zero-order valence-corrected chi connectivity index (χ0v) is 19.9. The molecule has 0 radical (unpaired) electrons. The van der Waals surface area contributed by atoms with Crippen LogP contribution in [-0.4, -0.2) is 72.8 Å². The largest absolute Gasteiger partial charge is 0.493 e. The normalized spacial score (nSPS) is 33.9. The van der Waals surface area contributed by atoms with E-state index in [9.17, 15) is 15.3 Å². The maximum Gasteiger partial charge on any atom is 0.161 e. The standard InChI is InChI=1S/C26H29ClO8/c27-18-9-20-17(8-14(18)5-13-1-2-19-21(6-13)33-4-3-32-19)26-25(30)24(29)23(28)22(35-26)12-31-10-15-7-16(15)11-34-20/h1-2,6,8-9,15-16,22-26,28-30H,3-5,7,10-12H2/t15-,16+,22+,23+,24-,25+,26-/m0/s1. The van der Waals surface area contributed by atoms with Crippen molar-refractivity contribution in [2.45, 2.75) is 43.4 Å². The average Bonchev–Trinajstić information content (AvgIpc) is 3.61. The molecule has 4 aliphatic rings. The van der Waals surface area contributed by atoms with Crippen LogP contribution in [0.2, 0.25) is 5.02 Å². The van der Waals surface area contributed by atoms with Crippen LogP contribution in [0, 0.1) is 11.8 Å². The van der Waals surface area contributed by atoms with Gasteiger partial charge in [-0.25, -0.2) is 0 Å². The molecule has 0 aromatic heterocycles. The van der Waals surface area contributed by atoms with Gasteiger partial charge in [0.15, 0.2) is 11.5 Å². The molecule has 0 unspecified atom stereocenters. The zero-order chi connectivity index (χ0) is 24.1. The third-order valence-electron chi connectivity index (χ3n) is 7.33. The number of aliphatic hydroxyl groups is 3. The first kappa shape index (κ1) is 23.3. The first-order chi connectivity index (χ1) is 17.0. The van der Waals surface area contributed by atoms with Crippen LogP contribution < -0.4 is 14.2 Å². The molecule has 3 aliphatic heterocycles. The van der Waals surface area contributed by atoms with E-state index < -0.39 is 30.5 Å². The van der Waals surface area contributed by atoms with Gasteiger partial charge >= 0.3 is 0 Å².